The van der Waals surface area contributed by atoms with Crippen LogP contribution in [0.25, 0.3) is 0 Å². The Balaban J connectivity index is 2.16. The Hall–Kier alpha value is -1.66. The van der Waals surface area contributed by atoms with Crippen molar-refractivity contribution >= 4 is 23.2 Å². The zero-order valence-corrected chi connectivity index (χ0v) is 12.5. The summed E-state index contributed by atoms with van der Waals surface area (Å²) in [6.07, 6.45) is 0.935. The second-order valence-electron chi connectivity index (χ2n) is 5.00. The molecule has 0 bridgehead atoms. The van der Waals surface area contributed by atoms with Crippen molar-refractivity contribution in [1.29, 1.82) is 0 Å². The van der Waals surface area contributed by atoms with Crippen molar-refractivity contribution in [2.75, 3.05) is 26.3 Å². The van der Waals surface area contributed by atoms with Crippen LogP contribution in [0, 0.1) is 16.0 Å². The minimum Gasteiger partial charge on any atom is -0.381 e. The van der Waals surface area contributed by atoms with E-state index in [2.05, 4.69) is 0 Å². The number of nitro groups is 1. The first kappa shape index (κ1) is 15.7. The van der Waals surface area contributed by atoms with E-state index >= 15 is 0 Å². The van der Waals surface area contributed by atoms with Crippen molar-refractivity contribution in [3.63, 3.8) is 0 Å². The summed E-state index contributed by atoms with van der Waals surface area (Å²) >= 11 is 5.76. The highest BCUT2D eigenvalue weighted by Crippen LogP contribution is 2.26. The van der Waals surface area contributed by atoms with E-state index in [1.807, 2.05) is 6.92 Å². The molecule has 1 aromatic carbocycles. The van der Waals surface area contributed by atoms with Crippen LogP contribution in [-0.2, 0) is 4.74 Å². The molecular weight excluding hydrogens is 296 g/mol. The monoisotopic (exact) mass is 312 g/mol. The lowest BCUT2D eigenvalue weighted by molar-refractivity contribution is -0.384. The quantitative estimate of drug-likeness (QED) is 0.619. The van der Waals surface area contributed by atoms with Gasteiger partial charge in [-0.15, -0.1) is 0 Å². The SMILES string of the molecule is CCN(CC1CCOC1)C(=O)c1ccc(Cl)c([N+](=O)[O-])c1. The summed E-state index contributed by atoms with van der Waals surface area (Å²) < 4.78 is 5.31. The fraction of sp³-hybridized carbons (Fsp3) is 0.500. The normalized spacial score (nSPS) is 17.7. The third-order valence-electron chi connectivity index (χ3n) is 3.56. The molecule has 7 heteroatoms. The van der Waals surface area contributed by atoms with E-state index < -0.39 is 4.92 Å². The lowest BCUT2D eigenvalue weighted by Gasteiger charge is -2.23. The molecule has 0 N–H and O–H groups in total. The molecule has 0 aliphatic carbocycles. The highest BCUT2D eigenvalue weighted by molar-refractivity contribution is 6.32. The van der Waals surface area contributed by atoms with Crippen LogP contribution in [0.4, 0.5) is 5.69 Å². The number of halogens is 1. The van der Waals surface area contributed by atoms with Crippen molar-refractivity contribution in [2.45, 2.75) is 13.3 Å². The van der Waals surface area contributed by atoms with Gasteiger partial charge in [0.25, 0.3) is 11.6 Å². The Kier molecular flexibility index (Phi) is 5.14. The molecule has 0 aromatic heterocycles. The minimum atomic E-state index is -0.583. The van der Waals surface area contributed by atoms with Crippen LogP contribution < -0.4 is 0 Å². The van der Waals surface area contributed by atoms with Gasteiger partial charge < -0.3 is 9.64 Å². The zero-order chi connectivity index (χ0) is 15.4. The number of rotatable bonds is 5. The Morgan fingerprint density at radius 1 is 1.57 bits per heavy atom. The van der Waals surface area contributed by atoms with Crippen molar-refractivity contribution in [1.82, 2.24) is 4.90 Å². The number of amides is 1. The van der Waals surface area contributed by atoms with Crippen LogP contribution in [0.2, 0.25) is 5.02 Å². The summed E-state index contributed by atoms with van der Waals surface area (Å²) in [6.45, 7) is 4.42. The molecular formula is C14H17ClN2O4. The predicted molar refractivity (Wildman–Crippen MR) is 78.6 cm³/mol. The zero-order valence-electron chi connectivity index (χ0n) is 11.8. The van der Waals surface area contributed by atoms with Gasteiger partial charge in [-0.05, 0) is 25.5 Å². The first-order chi connectivity index (χ1) is 10.0. The van der Waals surface area contributed by atoms with Gasteiger partial charge in [-0.2, -0.15) is 0 Å². The van der Waals surface area contributed by atoms with Gasteiger partial charge in [0, 0.05) is 37.2 Å². The topological polar surface area (TPSA) is 72.7 Å². The predicted octanol–water partition coefficient (Wildman–Crippen LogP) is 2.75. The molecule has 1 amide bonds. The van der Waals surface area contributed by atoms with Crippen LogP contribution in [0.1, 0.15) is 23.7 Å². The largest absolute Gasteiger partial charge is 0.381 e. The van der Waals surface area contributed by atoms with Crippen LogP contribution in [0.3, 0.4) is 0 Å². The van der Waals surface area contributed by atoms with Crippen LogP contribution in [-0.4, -0.2) is 42.0 Å². The van der Waals surface area contributed by atoms with Gasteiger partial charge in [-0.3, -0.25) is 14.9 Å². The molecule has 1 heterocycles. The van der Waals surface area contributed by atoms with E-state index in [-0.39, 0.29) is 22.2 Å². The molecule has 1 aliphatic heterocycles. The van der Waals surface area contributed by atoms with Crippen molar-refractivity contribution in [2.24, 2.45) is 5.92 Å². The molecule has 1 aromatic rings. The first-order valence-electron chi connectivity index (χ1n) is 6.84. The van der Waals surface area contributed by atoms with Gasteiger partial charge in [0.1, 0.15) is 5.02 Å². The highest BCUT2D eigenvalue weighted by atomic mass is 35.5. The van der Waals surface area contributed by atoms with E-state index in [0.29, 0.717) is 25.6 Å². The van der Waals surface area contributed by atoms with Crippen molar-refractivity contribution in [3.05, 3.63) is 38.9 Å². The van der Waals surface area contributed by atoms with Gasteiger partial charge in [0.05, 0.1) is 11.5 Å². The summed E-state index contributed by atoms with van der Waals surface area (Å²) in [5.74, 6) is 0.111. The minimum absolute atomic E-state index is 0.0313. The number of nitrogens with zero attached hydrogens (tertiary/aromatic N) is 2. The van der Waals surface area contributed by atoms with Gasteiger partial charge in [-0.25, -0.2) is 0 Å². The van der Waals surface area contributed by atoms with Gasteiger partial charge in [-0.1, -0.05) is 11.6 Å². The molecule has 2 rings (SSSR count). The molecule has 1 unspecified atom stereocenters. The summed E-state index contributed by atoms with van der Waals surface area (Å²) in [5, 5.41) is 10.9. The Labute approximate surface area is 127 Å². The van der Waals surface area contributed by atoms with Crippen molar-refractivity contribution < 1.29 is 14.5 Å². The second-order valence-corrected chi connectivity index (χ2v) is 5.40. The van der Waals surface area contributed by atoms with E-state index in [9.17, 15) is 14.9 Å². The van der Waals surface area contributed by atoms with Gasteiger partial charge in [0.2, 0.25) is 0 Å². The fourth-order valence-corrected chi connectivity index (χ4v) is 2.55. The fourth-order valence-electron chi connectivity index (χ4n) is 2.36. The smallest absolute Gasteiger partial charge is 0.288 e. The highest BCUT2D eigenvalue weighted by Gasteiger charge is 2.24. The third kappa shape index (κ3) is 3.71. The Bertz CT molecular complexity index is 544. The molecule has 1 atom stereocenters. The van der Waals surface area contributed by atoms with Crippen molar-refractivity contribution in [3.8, 4) is 0 Å². The van der Waals surface area contributed by atoms with Crippen LogP contribution in [0.5, 0.6) is 0 Å². The first-order valence-corrected chi connectivity index (χ1v) is 7.21. The maximum absolute atomic E-state index is 12.5. The molecule has 114 valence electrons. The molecule has 21 heavy (non-hydrogen) atoms. The van der Waals surface area contributed by atoms with Gasteiger partial charge in [0.15, 0.2) is 0 Å². The average molecular weight is 313 g/mol. The van der Waals surface area contributed by atoms with Crippen LogP contribution in [0.15, 0.2) is 18.2 Å². The average Bonchev–Trinajstić information content (AvgIpc) is 2.97. The summed E-state index contributed by atoms with van der Waals surface area (Å²) in [7, 11) is 0. The van der Waals surface area contributed by atoms with E-state index in [1.165, 1.54) is 18.2 Å². The molecule has 1 aliphatic rings. The summed E-state index contributed by atoms with van der Waals surface area (Å²) in [6, 6.07) is 4.14. The number of carbonyl (C=O) groups excluding carboxylic acids is 1. The lowest BCUT2D eigenvalue weighted by Crippen LogP contribution is -2.35. The van der Waals surface area contributed by atoms with Crippen LogP contribution >= 0.6 is 11.6 Å². The number of nitro benzene ring substituents is 1. The van der Waals surface area contributed by atoms with E-state index in [0.717, 1.165) is 13.0 Å². The molecule has 1 fully saturated rings. The molecule has 0 spiro atoms. The van der Waals surface area contributed by atoms with Gasteiger partial charge >= 0.3 is 0 Å². The number of hydrogen-bond acceptors (Lipinski definition) is 4. The standard InChI is InChI=1S/C14H17ClN2O4/c1-2-16(8-10-5-6-21-9-10)14(18)11-3-4-12(15)13(7-11)17(19)20/h3-4,7,10H,2,5-6,8-9H2,1H3. The molecule has 6 nitrogen and oxygen atoms in total. The molecule has 0 saturated carbocycles. The number of ether oxygens (including phenoxy) is 1. The third-order valence-corrected chi connectivity index (χ3v) is 3.88. The lowest BCUT2D eigenvalue weighted by atomic mass is 10.1. The summed E-state index contributed by atoms with van der Waals surface area (Å²) in [5.41, 5.74) is 0.0367. The second kappa shape index (κ2) is 6.87. The van der Waals surface area contributed by atoms with E-state index in [1.54, 1.807) is 4.90 Å². The summed E-state index contributed by atoms with van der Waals surface area (Å²) in [4.78, 5) is 24.5. The van der Waals surface area contributed by atoms with E-state index in [4.69, 9.17) is 16.3 Å². The maximum atomic E-state index is 12.5. The maximum Gasteiger partial charge on any atom is 0.288 e. The number of hydrogen-bond donors (Lipinski definition) is 0. The number of carbonyl (C=O) groups is 1. The molecule has 1 saturated heterocycles. The Morgan fingerprint density at radius 3 is 2.90 bits per heavy atom. The molecule has 0 radical (unpaired) electrons. The Morgan fingerprint density at radius 2 is 2.33 bits per heavy atom. The number of benzene rings is 1.